The van der Waals surface area contributed by atoms with Crippen LogP contribution in [0.15, 0.2) is 48.7 Å². The largest absolute Gasteiger partial charge is 0.352 e. The number of nitrogens with zero attached hydrogens (tertiary/aromatic N) is 1. The number of rotatable bonds is 6. The van der Waals surface area contributed by atoms with Crippen LogP contribution in [0.2, 0.25) is 0 Å². The molecule has 0 fully saturated rings. The molecule has 0 saturated heterocycles. The van der Waals surface area contributed by atoms with E-state index in [-0.39, 0.29) is 11.8 Å². The van der Waals surface area contributed by atoms with Crippen LogP contribution in [-0.4, -0.2) is 29.9 Å². The van der Waals surface area contributed by atoms with Crippen LogP contribution in [0.5, 0.6) is 0 Å². The number of hydrogen-bond acceptors (Lipinski definition) is 3. The number of carbonyl (C=O) groups excluding carboxylic acids is 2. The van der Waals surface area contributed by atoms with Crippen LogP contribution >= 0.6 is 0 Å². The molecule has 114 valence electrons. The third-order valence-electron chi connectivity index (χ3n) is 3.14. The molecule has 2 rings (SSSR count). The molecule has 0 aliphatic rings. The van der Waals surface area contributed by atoms with Gasteiger partial charge in [0.15, 0.2) is 0 Å². The minimum Gasteiger partial charge on any atom is -0.352 e. The molecule has 0 unspecified atom stereocenters. The van der Waals surface area contributed by atoms with Crippen molar-refractivity contribution < 1.29 is 9.59 Å². The lowest BCUT2D eigenvalue weighted by Gasteiger charge is -2.07. The highest BCUT2D eigenvalue weighted by Crippen LogP contribution is 2.02. The number of aromatic nitrogens is 1. The van der Waals surface area contributed by atoms with Gasteiger partial charge in [0.2, 0.25) is 0 Å². The van der Waals surface area contributed by atoms with Gasteiger partial charge >= 0.3 is 0 Å². The first-order valence-electron chi connectivity index (χ1n) is 7.21. The first kappa shape index (κ1) is 15.7. The van der Waals surface area contributed by atoms with Crippen molar-refractivity contribution in [3.05, 3.63) is 65.5 Å². The number of amides is 2. The molecule has 0 saturated carbocycles. The van der Waals surface area contributed by atoms with E-state index in [4.69, 9.17) is 0 Å². The molecule has 0 atom stereocenters. The summed E-state index contributed by atoms with van der Waals surface area (Å²) >= 11 is 0. The summed E-state index contributed by atoms with van der Waals surface area (Å²) in [6.45, 7) is 2.98. The Morgan fingerprint density at radius 1 is 0.955 bits per heavy atom. The highest BCUT2D eigenvalue weighted by atomic mass is 16.2. The lowest BCUT2D eigenvalue weighted by molar-refractivity contribution is 0.0948. The molecule has 5 heteroatoms. The Hall–Kier alpha value is -2.69. The summed E-state index contributed by atoms with van der Waals surface area (Å²) in [5.74, 6) is -0.304. The van der Waals surface area contributed by atoms with E-state index in [0.717, 1.165) is 5.56 Å². The van der Waals surface area contributed by atoms with Crippen molar-refractivity contribution in [2.75, 3.05) is 13.1 Å². The van der Waals surface area contributed by atoms with Crippen molar-refractivity contribution in [1.82, 2.24) is 15.6 Å². The fourth-order valence-electron chi connectivity index (χ4n) is 1.89. The van der Waals surface area contributed by atoms with Gasteiger partial charge in [-0.3, -0.25) is 14.6 Å². The Morgan fingerprint density at radius 2 is 1.64 bits per heavy atom. The summed E-state index contributed by atoms with van der Waals surface area (Å²) in [6, 6.07) is 12.6. The van der Waals surface area contributed by atoms with Gasteiger partial charge in [-0.25, -0.2) is 0 Å². The van der Waals surface area contributed by atoms with Crippen molar-refractivity contribution in [3.8, 4) is 0 Å². The third kappa shape index (κ3) is 4.70. The van der Waals surface area contributed by atoms with Crippen molar-refractivity contribution in [1.29, 1.82) is 0 Å². The zero-order chi connectivity index (χ0) is 15.8. The van der Waals surface area contributed by atoms with E-state index in [0.29, 0.717) is 30.8 Å². The minimum atomic E-state index is -0.203. The summed E-state index contributed by atoms with van der Waals surface area (Å²) in [5.41, 5.74) is 2.16. The molecule has 0 spiro atoms. The van der Waals surface area contributed by atoms with Gasteiger partial charge in [-0.2, -0.15) is 0 Å². The van der Waals surface area contributed by atoms with Crippen molar-refractivity contribution in [3.63, 3.8) is 0 Å². The Bertz CT molecular complexity index is 624. The van der Waals surface area contributed by atoms with Crippen molar-refractivity contribution >= 4 is 11.8 Å². The predicted octanol–water partition coefficient (Wildman–Crippen LogP) is 1.94. The molecule has 1 aromatic heterocycles. The van der Waals surface area contributed by atoms with Crippen LogP contribution in [0, 0.1) is 6.92 Å². The molecule has 0 bridgehead atoms. The number of benzene rings is 1. The molecule has 1 heterocycles. The van der Waals surface area contributed by atoms with Gasteiger partial charge in [0.05, 0.1) is 0 Å². The monoisotopic (exact) mass is 297 g/mol. The molecule has 0 aliphatic heterocycles. The van der Waals surface area contributed by atoms with Gasteiger partial charge in [0, 0.05) is 24.8 Å². The molecule has 2 N–H and O–H groups in total. The quantitative estimate of drug-likeness (QED) is 0.800. The first-order valence-corrected chi connectivity index (χ1v) is 7.21. The lowest BCUT2D eigenvalue weighted by atomic mass is 10.1. The molecule has 22 heavy (non-hydrogen) atoms. The van der Waals surface area contributed by atoms with Gasteiger partial charge in [0.1, 0.15) is 5.69 Å². The fourth-order valence-corrected chi connectivity index (χ4v) is 1.89. The molecular formula is C17H19N3O2. The summed E-state index contributed by atoms with van der Waals surface area (Å²) in [6.07, 6.45) is 2.24. The minimum absolute atomic E-state index is 0.101. The molecule has 2 aromatic rings. The number of nitrogens with one attached hydrogen (secondary N) is 2. The average Bonchev–Trinajstić information content (AvgIpc) is 2.55. The highest BCUT2D eigenvalue weighted by molar-refractivity contribution is 5.94. The molecule has 2 amide bonds. The smallest absolute Gasteiger partial charge is 0.269 e. The fraction of sp³-hybridized carbons (Fsp3) is 0.235. The summed E-state index contributed by atoms with van der Waals surface area (Å²) in [5, 5.41) is 5.59. The SMILES string of the molecule is Cc1ccc(C(=O)NCCCNC(=O)c2ccccn2)cc1. The van der Waals surface area contributed by atoms with Crippen LogP contribution in [0.1, 0.15) is 32.8 Å². The molecule has 0 aliphatic carbocycles. The van der Waals surface area contributed by atoms with E-state index < -0.39 is 0 Å². The second-order valence-electron chi connectivity index (χ2n) is 4.95. The molecular weight excluding hydrogens is 278 g/mol. The Morgan fingerprint density at radius 3 is 2.27 bits per heavy atom. The number of hydrogen-bond donors (Lipinski definition) is 2. The third-order valence-corrected chi connectivity index (χ3v) is 3.14. The van der Waals surface area contributed by atoms with Crippen molar-refractivity contribution in [2.45, 2.75) is 13.3 Å². The van der Waals surface area contributed by atoms with Crippen LogP contribution in [0.25, 0.3) is 0 Å². The normalized spacial score (nSPS) is 10.0. The van der Waals surface area contributed by atoms with Gasteiger partial charge in [-0.1, -0.05) is 23.8 Å². The van der Waals surface area contributed by atoms with Crippen LogP contribution < -0.4 is 10.6 Å². The number of pyridine rings is 1. The van der Waals surface area contributed by atoms with E-state index >= 15 is 0 Å². The average molecular weight is 297 g/mol. The van der Waals surface area contributed by atoms with Crippen LogP contribution in [0.4, 0.5) is 0 Å². The van der Waals surface area contributed by atoms with E-state index in [1.54, 1.807) is 36.5 Å². The Balaban J connectivity index is 1.66. The van der Waals surface area contributed by atoms with E-state index in [2.05, 4.69) is 15.6 Å². The second kappa shape index (κ2) is 7.93. The standard InChI is InChI=1S/C17H19N3O2/c1-13-6-8-14(9-7-13)16(21)19-11-4-12-20-17(22)15-5-2-3-10-18-15/h2-3,5-10H,4,11-12H2,1H3,(H,19,21)(H,20,22). The van der Waals surface area contributed by atoms with Gasteiger partial charge < -0.3 is 10.6 Å². The summed E-state index contributed by atoms with van der Waals surface area (Å²) in [4.78, 5) is 27.6. The summed E-state index contributed by atoms with van der Waals surface area (Å²) < 4.78 is 0. The Kier molecular flexibility index (Phi) is 5.65. The highest BCUT2D eigenvalue weighted by Gasteiger charge is 2.06. The predicted molar refractivity (Wildman–Crippen MR) is 84.7 cm³/mol. The molecule has 5 nitrogen and oxygen atoms in total. The van der Waals surface area contributed by atoms with E-state index in [9.17, 15) is 9.59 Å². The molecule has 0 radical (unpaired) electrons. The number of carbonyl (C=O) groups is 2. The zero-order valence-electron chi connectivity index (χ0n) is 12.5. The number of aryl methyl sites for hydroxylation is 1. The molecule has 1 aromatic carbocycles. The maximum atomic E-state index is 11.9. The maximum Gasteiger partial charge on any atom is 0.269 e. The van der Waals surface area contributed by atoms with Gasteiger partial charge in [-0.05, 0) is 37.6 Å². The van der Waals surface area contributed by atoms with Crippen LogP contribution in [-0.2, 0) is 0 Å². The zero-order valence-corrected chi connectivity index (χ0v) is 12.5. The van der Waals surface area contributed by atoms with E-state index in [1.165, 1.54) is 0 Å². The first-order chi connectivity index (χ1) is 10.7. The van der Waals surface area contributed by atoms with Gasteiger partial charge in [0.25, 0.3) is 11.8 Å². The van der Waals surface area contributed by atoms with Crippen LogP contribution in [0.3, 0.4) is 0 Å². The van der Waals surface area contributed by atoms with E-state index in [1.807, 2.05) is 19.1 Å². The summed E-state index contributed by atoms with van der Waals surface area (Å²) in [7, 11) is 0. The maximum absolute atomic E-state index is 11.9. The lowest BCUT2D eigenvalue weighted by Crippen LogP contribution is -2.30. The second-order valence-corrected chi connectivity index (χ2v) is 4.95. The topological polar surface area (TPSA) is 71.1 Å². The van der Waals surface area contributed by atoms with Gasteiger partial charge in [-0.15, -0.1) is 0 Å². The Labute approximate surface area is 129 Å². The van der Waals surface area contributed by atoms with Crippen molar-refractivity contribution in [2.24, 2.45) is 0 Å².